The van der Waals surface area contributed by atoms with Gasteiger partial charge < -0.3 is 9.73 Å². The zero-order chi connectivity index (χ0) is 13.0. The first-order valence-corrected chi connectivity index (χ1v) is 6.22. The number of rotatable bonds is 4. The molecule has 0 spiro atoms. The van der Waals surface area contributed by atoms with Gasteiger partial charge in [-0.2, -0.15) is 0 Å². The molecule has 1 N–H and O–H groups in total. The van der Waals surface area contributed by atoms with Gasteiger partial charge in [-0.1, -0.05) is 6.07 Å². The number of carbonyl (C=O) groups is 1. The number of carbonyl (C=O) groups excluding carboxylic acids is 1. The largest absolute Gasteiger partial charge is 0.469 e. The first-order valence-electron chi connectivity index (χ1n) is 5.43. The van der Waals surface area contributed by atoms with Gasteiger partial charge in [-0.05, 0) is 40.2 Å². The van der Waals surface area contributed by atoms with E-state index in [-0.39, 0.29) is 5.56 Å². The van der Waals surface area contributed by atoms with Gasteiger partial charge in [-0.25, -0.2) is 4.39 Å². The highest BCUT2D eigenvalue weighted by Gasteiger charge is 2.14. The van der Waals surface area contributed by atoms with Crippen LogP contribution in [0.3, 0.4) is 0 Å². The van der Waals surface area contributed by atoms with Crippen LogP contribution in [0.2, 0.25) is 0 Å². The summed E-state index contributed by atoms with van der Waals surface area (Å²) < 4.78 is 19.1. The van der Waals surface area contributed by atoms with Crippen LogP contribution in [-0.2, 0) is 6.42 Å². The lowest BCUT2D eigenvalue weighted by Gasteiger charge is -2.06. The van der Waals surface area contributed by atoms with E-state index in [1.807, 2.05) is 6.07 Å². The van der Waals surface area contributed by atoms with Crippen LogP contribution >= 0.6 is 15.9 Å². The van der Waals surface area contributed by atoms with Crippen molar-refractivity contribution in [3.05, 3.63) is 58.2 Å². The number of benzene rings is 1. The van der Waals surface area contributed by atoms with Gasteiger partial charge in [0, 0.05) is 17.4 Å². The molecule has 0 aliphatic carbocycles. The third-order valence-electron chi connectivity index (χ3n) is 2.43. The molecule has 1 aromatic heterocycles. The van der Waals surface area contributed by atoms with E-state index in [4.69, 9.17) is 4.42 Å². The highest BCUT2D eigenvalue weighted by Crippen LogP contribution is 2.19. The maximum absolute atomic E-state index is 13.5. The summed E-state index contributed by atoms with van der Waals surface area (Å²) in [6.45, 7) is 0.396. The maximum atomic E-state index is 13.5. The van der Waals surface area contributed by atoms with Crippen LogP contribution in [0.5, 0.6) is 0 Å². The Labute approximate surface area is 112 Å². The van der Waals surface area contributed by atoms with Crippen LogP contribution in [0.1, 0.15) is 16.1 Å². The Morgan fingerprint density at radius 2 is 2.17 bits per heavy atom. The van der Waals surface area contributed by atoms with E-state index in [2.05, 4.69) is 21.2 Å². The summed E-state index contributed by atoms with van der Waals surface area (Å²) in [6.07, 6.45) is 2.15. The van der Waals surface area contributed by atoms with E-state index in [1.54, 1.807) is 24.5 Å². The first kappa shape index (κ1) is 12.8. The second kappa shape index (κ2) is 5.82. The molecule has 0 bridgehead atoms. The molecule has 0 radical (unpaired) electrons. The summed E-state index contributed by atoms with van der Waals surface area (Å²) in [5, 5.41) is 2.65. The standard InChI is InChI=1S/C13H11BrFNO2/c14-10-4-1-5-11(15)12(10)13(17)16-7-6-9-3-2-8-18-9/h1-5,8H,6-7H2,(H,16,17). The highest BCUT2D eigenvalue weighted by atomic mass is 79.9. The summed E-state index contributed by atoms with van der Waals surface area (Å²) in [6, 6.07) is 8.03. The normalized spacial score (nSPS) is 10.3. The van der Waals surface area contributed by atoms with Crippen molar-refractivity contribution in [2.75, 3.05) is 6.54 Å². The third-order valence-corrected chi connectivity index (χ3v) is 3.09. The molecule has 0 fully saturated rings. The predicted molar refractivity (Wildman–Crippen MR) is 68.8 cm³/mol. The summed E-state index contributed by atoms with van der Waals surface area (Å²) in [4.78, 5) is 11.8. The number of amides is 1. The number of hydrogen-bond acceptors (Lipinski definition) is 2. The molecule has 18 heavy (non-hydrogen) atoms. The molecule has 0 atom stereocenters. The van der Waals surface area contributed by atoms with E-state index in [0.717, 1.165) is 5.76 Å². The molecule has 1 aromatic carbocycles. The Morgan fingerprint density at radius 1 is 1.33 bits per heavy atom. The molecule has 0 saturated heterocycles. The van der Waals surface area contributed by atoms with Gasteiger partial charge in [0.2, 0.25) is 0 Å². The van der Waals surface area contributed by atoms with Gasteiger partial charge >= 0.3 is 0 Å². The first-order chi connectivity index (χ1) is 8.68. The number of furan rings is 1. The molecule has 5 heteroatoms. The molecule has 94 valence electrons. The molecule has 2 rings (SSSR count). The van der Waals surface area contributed by atoms with Crippen molar-refractivity contribution in [3.63, 3.8) is 0 Å². The van der Waals surface area contributed by atoms with Crippen molar-refractivity contribution in [1.82, 2.24) is 5.32 Å². The Bertz CT molecular complexity index is 520. The molecule has 1 amide bonds. The van der Waals surface area contributed by atoms with Crippen LogP contribution in [0.25, 0.3) is 0 Å². The fraction of sp³-hybridized carbons (Fsp3) is 0.154. The molecule has 0 aliphatic rings. The average molecular weight is 312 g/mol. The van der Waals surface area contributed by atoms with E-state index in [1.165, 1.54) is 6.07 Å². The fourth-order valence-electron chi connectivity index (χ4n) is 1.56. The molecule has 3 nitrogen and oxygen atoms in total. The summed E-state index contributed by atoms with van der Waals surface area (Å²) in [5.41, 5.74) is 0.0249. The van der Waals surface area contributed by atoms with Crippen LogP contribution in [0, 0.1) is 5.82 Å². The lowest BCUT2D eigenvalue weighted by atomic mass is 10.2. The predicted octanol–water partition coefficient (Wildman–Crippen LogP) is 3.15. The van der Waals surface area contributed by atoms with Gasteiger partial charge in [0.25, 0.3) is 5.91 Å². The van der Waals surface area contributed by atoms with E-state index in [0.29, 0.717) is 17.4 Å². The Balaban J connectivity index is 1.96. The van der Waals surface area contributed by atoms with Crippen LogP contribution in [0.15, 0.2) is 45.5 Å². The summed E-state index contributed by atoms with van der Waals surface area (Å²) >= 11 is 3.16. The minimum Gasteiger partial charge on any atom is -0.469 e. The van der Waals surface area contributed by atoms with Crippen LogP contribution < -0.4 is 5.32 Å². The monoisotopic (exact) mass is 311 g/mol. The minimum atomic E-state index is -0.542. The Kier molecular flexibility index (Phi) is 4.15. The zero-order valence-corrected chi connectivity index (χ0v) is 11.0. The Morgan fingerprint density at radius 3 is 2.83 bits per heavy atom. The van der Waals surface area contributed by atoms with E-state index in [9.17, 15) is 9.18 Å². The third kappa shape index (κ3) is 2.98. The number of halogens is 2. The van der Waals surface area contributed by atoms with Gasteiger partial charge in [0.05, 0.1) is 11.8 Å². The van der Waals surface area contributed by atoms with Crippen molar-refractivity contribution in [2.24, 2.45) is 0 Å². The van der Waals surface area contributed by atoms with Crippen molar-refractivity contribution in [2.45, 2.75) is 6.42 Å². The van der Waals surface area contributed by atoms with Crippen LogP contribution in [-0.4, -0.2) is 12.5 Å². The van der Waals surface area contributed by atoms with Gasteiger partial charge in [-0.15, -0.1) is 0 Å². The summed E-state index contributed by atoms with van der Waals surface area (Å²) in [5.74, 6) is -0.200. The van der Waals surface area contributed by atoms with Crippen molar-refractivity contribution in [1.29, 1.82) is 0 Å². The SMILES string of the molecule is O=C(NCCc1ccco1)c1c(F)cccc1Br. The fourth-order valence-corrected chi connectivity index (χ4v) is 2.08. The Hall–Kier alpha value is -1.62. The lowest BCUT2D eigenvalue weighted by molar-refractivity contribution is 0.0949. The van der Waals surface area contributed by atoms with Crippen LogP contribution in [0.4, 0.5) is 4.39 Å². The second-order valence-electron chi connectivity index (χ2n) is 3.68. The number of hydrogen-bond donors (Lipinski definition) is 1. The van der Waals surface area contributed by atoms with Crippen molar-refractivity contribution >= 4 is 21.8 Å². The average Bonchev–Trinajstić information content (AvgIpc) is 2.82. The minimum absolute atomic E-state index is 0.0249. The highest BCUT2D eigenvalue weighted by molar-refractivity contribution is 9.10. The lowest BCUT2D eigenvalue weighted by Crippen LogP contribution is -2.26. The smallest absolute Gasteiger partial charge is 0.255 e. The second-order valence-corrected chi connectivity index (χ2v) is 4.54. The van der Waals surface area contributed by atoms with Gasteiger partial charge in [-0.3, -0.25) is 4.79 Å². The molecule has 0 aliphatic heterocycles. The maximum Gasteiger partial charge on any atom is 0.255 e. The van der Waals surface area contributed by atoms with Gasteiger partial charge in [0.15, 0.2) is 0 Å². The molecule has 1 heterocycles. The van der Waals surface area contributed by atoms with Crippen molar-refractivity contribution < 1.29 is 13.6 Å². The quantitative estimate of drug-likeness (QED) is 0.942. The molecule has 2 aromatic rings. The van der Waals surface area contributed by atoms with E-state index < -0.39 is 11.7 Å². The van der Waals surface area contributed by atoms with Crippen molar-refractivity contribution in [3.8, 4) is 0 Å². The van der Waals surface area contributed by atoms with E-state index >= 15 is 0 Å². The molecular weight excluding hydrogens is 301 g/mol. The molecular formula is C13H11BrFNO2. The summed E-state index contributed by atoms with van der Waals surface area (Å²) in [7, 11) is 0. The number of nitrogens with one attached hydrogen (secondary N) is 1. The topological polar surface area (TPSA) is 42.2 Å². The van der Waals surface area contributed by atoms with Gasteiger partial charge in [0.1, 0.15) is 11.6 Å². The molecule has 0 unspecified atom stereocenters. The zero-order valence-electron chi connectivity index (χ0n) is 9.45. The molecule has 0 saturated carbocycles.